The van der Waals surface area contributed by atoms with Gasteiger partial charge in [0.05, 0.1) is 11.8 Å². The van der Waals surface area contributed by atoms with Crippen molar-refractivity contribution < 1.29 is 9.90 Å². The van der Waals surface area contributed by atoms with E-state index in [-0.39, 0.29) is 5.56 Å². The fraction of sp³-hybridized carbons (Fsp3) is 0.111. The van der Waals surface area contributed by atoms with Crippen molar-refractivity contribution in [3.63, 3.8) is 0 Å². The van der Waals surface area contributed by atoms with Crippen LogP contribution in [0.4, 0.5) is 0 Å². The molecule has 3 rings (SSSR count). The minimum Gasteiger partial charge on any atom is -0.478 e. The first-order valence-corrected chi connectivity index (χ1v) is 8.12. The maximum Gasteiger partial charge on any atom is 0.335 e. The SMILES string of the molecule is O=C(O)c1ccc(/C=N\n2c(CCc3ccccc3)n[nH]c2=S)cc1. The Bertz CT molecular complexity index is 943. The third-order valence-electron chi connectivity index (χ3n) is 3.68. The molecular weight excluding hydrogens is 336 g/mol. The minimum absolute atomic E-state index is 0.237. The lowest BCUT2D eigenvalue weighted by atomic mass is 10.1. The predicted molar refractivity (Wildman–Crippen MR) is 97.7 cm³/mol. The van der Waals surface area contributed by atoms with Crippen molar-refractivity contribution in [2.24, 2.45) is 5.10 Å². The highest BCUT2D eigenvalue weighted by atomic mass is 32.1. The van der Waals surface area contributed by atoms with Gasteiger partial charge in [0.25, 0.3) is 0 Å². The van der Waals surface area contributed by atoms with Crippen molar-refractivity contribution in [2.45, 2.75) is 12.8 Å². The molecule has 6 nitrogen and oxygen atoms in total. The van der Waals surface area contributed by atoms with Gasteiger partial charge in [-0.2, -0.15) is 14.9 Å². The highest BCUT2D eigenvalue weighted by Gasteiger charge is 2.06. The molecule has 1 aromatic heterocycles. The molecule has 0 unspecified atom stereocenters. The summed E-state index contributed by atoms with van der Waals surface area (Å²) in [5.41, 5.74) is 2.24. The molecule has 1 heterocycles. The van der Waals surface area contributed by atoms with Crippen LogP contribution in [0.2, 0.25) is 0 Å². The molecule has 0 saturated carbocycles. The number of rotatable bonds is 6. The number of carbonyl (C=O) groups is 1. The number of carboxylic acids is 1. The number of nitrogens with zero attached hydrogens (tertiary/aromatic N) is 3. The first-order valence-electron chi connectivity index (χ1n) is 7.71. The van der Waals surface area contributed by atoms with Crippen LogP contribution in [0, 0.1) is 4.77 Å². The number of carboxylic acid groups (broad SMARTS) is 1. The molecule has 0 aliphatic carbocycles. The molecular formula is C18H16N4O2S. The van der Waals surface area contributed by atoms with Crippen LogP contribution in [-0.4, -0.2) is 32.2 Å². The molecule has 25 heavy (non-hydrogen) atoms. The van der Waals surface area contributed by atoms with Gasteiger partial charge in [-0.05, 0) is 41.9 Å². The van der Waals surface area contributed by atoms with Gasteiger partial charge in [-0.15, -0.1) is 0 Å². The molecule has 0 amide bonds. The summed E-state index contributed by atoms with van der Waals surface area (Å²) in [6.45, 7) is 0. The summed E-state index contributed by atoms with van der Waals surface area (Å²) in [7, 11) is 0. The Kier molecular flexibility index (Phi) is 5.15. The van der Waals surface area contributed by atoms with Crippen LogP contribution < -0.4 is 0 Å². The Hall–Kier alpha value is -3.06. The van der Waals surface area contributed by atoms with Crippen LogP contribution in [0.1, 0.15) is 27.3 Å². The third-order valence-corrected chi connectivity index (χ3v) is 3.94. The number of benzene rings is 2. The molecule has 0 spiro atoms. The second-order valence-electron chi connectivity index (χ2n) is 5.41. The number of hydrogen-bond acceptors (Lipinski definition) is 4. The third kappa shape index (κ3) is 4.27. The summed E-state index contributed by atoms with van der Waals surface area (Å²) >= 11 is 5.23. The number of nitrogens with one attached hydrogen (secondary N) is 1. The molecule has 3 aromatic rings. The summed E-state index contributed by atoms with van der Waals surface area (Å²) < 4.78 is 2.00. The number of aromatic carboxylic acids is 1. The van der Waals surface area contributed by atoms with Crippen molar-refractivity contribution >= 4 is 24.4 Å². The van der Waals surface area contributed by atoms with Gasteiger partial charge in [-0.3, -0.25) is 5.10 Å². The van der Waals surface area contributed by atoms with Gasteiger partial charge in [0.1, 0.15) is 0 Å². The lowest BCUT2D eigenvalue weighted by Crippen LogP contribution is -2.02. The van der Waals surface area contributed by atoms with E-state index >= 15 is 0 Å². The van der Waals surface area contributed by atoms with Gasteiger partial charge in [0.15, 0.2) is 5.82 Å². The van der Waals surface area contributed by atoms with E-state index < -0.39 is 5.97 Å². The average molecular weight is 352 g/mol. The largest absolute Gasteiger partial charge is 0.478 e. The van der Waals surface area contributed by atoms with Crippen LogP contribution >= 0.6 is 12.2 Å². The molecule has 0 aliphatic heterocycles. The Morgan fingerprint density at radius 1 is 1.16 bits per heavy atom. The Morgan fingerprint density at radius 2 is 1.88 bits per heavy atom. The normalized spacial score (nSPS) is 11.0. The van der Waals surface area contributed by atoms with Crippen LogP contribution in [0.3, 0.4) is 0 Å². The molecule has 126 valence electrons. The number of hydrogen-bond donors (Lipinski definition) is 2. The lowest BCUT2D eigenvalue weighted by Gasteiger charge is -2.02. The van der Waals surface area contributed by atoms with E-state index in [0.29, 0.717) is 11.2 Å². The molecule has 0 saturated heterocycles. The Labute approximate surface area is 149 Å². The zero-order chi connectivity index (χ0) is 17.6. The second-order valence-corrected chi connectivity index (χ2v) is 5.80. The quantitative estimate of drug-likeness (QED) is 0.527. The summed E-state index contributed by atoms with van der Waals surface area (Å²) in [6, 6.07) is 16.6. The average Bonchev–Trinajstić information content (AvgIpc) is 2.99. The highest BCUT2D eigenvalue weighted by Crippen LogP contribution is 2.07. The lowest BCUT2D eigenvalue weighted by molar-refractivity contribution is 0.0697. The van der Waals surface area contributed by atoms with E-state index in [9.17, 15) is 4.79 Å². The second kappa shape index (κ2) is 7.67. The highest BCUT2D eigenvalue weighted by molar-refractivity contribution is 7.71. The van der Waals surface area contributed by atoms with Crippen molar-refractivity contribution in [2.75, 3.05) is 0 Å². The van der Waals surface area contributed by atoms with Crippen LogP contribution in [0.25, 0.3) is 0 Å². The molecule has 0 atom stereocenters. The standard InChI is InChI=1S/C18H16N4O2S/c23-17(24)15-9-6-14(7-10-15)12-19-22-16(20-21-18(22)25)11-8-13-4-2-1-3-5-13/h1-7,9-10,12H,8,11H2,(H,21,25)(H,23,24)/b19-12-. The fourth-order valence-corrected chi connectivity index (χ4v) is 2.54. The number of H-pyrrole nitrogens is 1. The molecule has 2 aromatic carbocycles. The first kappa shape index (κ1) is 16.8. The van der Waals surface area contributed by atoms with Crippen molar-refractivity contribution in [1.82, 2.24) is 14.9 Å². The predicted octanol–water partition coefficient (Wildman–Crippen LogP) is 3.31. The minimum atomic E-state index is -0.955. The molecule has 0 radical (unpaired) electrons. The molecule has 7 heteroatoms. The van der Waals surface area contributed by atoms with Gasteiger partial charge in [-0.25, -0.2) is 4.79 Å². The van der Waals surface area contributed by atoms with Crippen LogP contribution in [-0.2, 0) is 12.8 Å². The van der Waals surface area contributed by atoms with E-state index in [1.807, 2.05) is 18.2 Å². The van der Waals surface area contributed by atoms with Crippen molar-refractivity contribution in [3.8, 4) is 0 Å². The van der Waals surface area contributed by atoms with Crippen molar-refractivity contribution in [3.05, 3.63) is 81.9 Å². The monoisotopic (exact) mass is 352 g/mol. The maximum atomic E-state index is 10.9. The van der Waals surface area contributed by atoms with E-state index in [4.69, 9.17) is 17.3 Å². The molecule has 0 aliphatic rings. The molecule has 2 N–H and O–H groups in total. The number of aromatic amines is 1. The van der Waals surface area contributed by atoms with Crippen LogP contribution in [0.15, 0.2) is 59.7 Å². The van der Waals surface area contributed by atoms with E-state index in [1.54, 1.807) is 23.0 Å². The van der Waals surface area contributed by atoms with Gasteiger partial charge < -0.3 is 5.11 Å². The topological polar surface area (TPSA) is 83.3 Å². The first-order chi connectivity index (χ1) is 12.1. The zero-order valence-corrected chi connectivity index (χ0v) is 14.1. The van der Waals surface area contributed by atoms with E-state index in [2.05, 4.69) is 27.4 Å². The molecule has 0 fully saturated rings. The van der Waals surface area contributed by atoms with E-state index in [0.717, 1.165) is 17.8 Å². The fourth-order valence-electron chi connectivity index (χ4n) is 2.34. The summed E-state index contributed by atoms with van der Waals surface area (Å²) in [5.74, 6) is -0.212. The van der Waals surface area contributed by atoms with E-state index in [1.165, 1.54) is 17.7 Å². The van der Waals surface area contributed by atoms with Gasteiger partial charge >= 0.3 is 5.97 Å². The van der Waals surface area contributed by atoms with Gasteiger partial charge in [-0.1, -0.05) is 42.5 Å². The Morgan fingerprint density at radius 3 is 2.56 bits per heavy atom. The van der Waals surface area contributed by atoms with Gasteiger partial charge in [0.2, 0.25) is 4.77 Å². The summed E-state index contributed by atoms with van der Waals surface area (Å²) in [5, 5.41) is 20.3. The number of aryl methyl sites for hydroxylation is 2. The van der Waals surface area contributed by atoms with Gasteiger partial charge in [0, 0.05) is 6.42 Å². The molecule has 0 bridgehead atoms. The van der Waals surface area contributed by atoms with Crippen molar-refractivity contribution in [1.29, 1.82) is 0 Å². The Balaban J connectivity index is 1.75. The zero-order valence-electron chi connectivity index (χ0n) is 13.3. The maximum absolute atomic E-state index is 10.9. The number of aromatic nitrogens is 3. The summed E-state index contributed by atoms with van der Waals surface area (Å²) in [4.78, 5) is 10.9. The van der Waals surface area contributed by atoms with Crippen LogP contribution in [0.5, 0.6) is 0 Å². The summed E-state index contributed by atoms with van der Waals surface area (Å²) in [6.07, 6.45) is 3.17. The smallest absolute Gasteiger partial charge is 0.335 e.